The van der Waals surface area contributed by atoms with Crippen LogP contribution in [0.1, 0.15) is 60.7 Å². The van der Waals surface area contributed by atoms with Crippen molar-refractivity contribution < 1.29 is 22.7 Å². The molecule has 0 radical (unpaired) electrons. The molecule has 9 heteroatoms. The largest absolute Gasteiger partial charge is 0.392 e. The number of aliphatic hydroxyl groups is 1. The van der Waals surface area contributed by atoms with E-state index in [1.165, 1.54) is 40.5 Å². The lowest BCUT2D eigenvalue weighted by Gasteiger charge is -2.53. The van der Waals surface area contributed by atoms with Gasteiger partial charge in [0.15, 0.2) is 9.84 Å². The minimum absolute atomic E-state index is 0.0583. The Hall–Kier alpha value is -2.28. The van der Waals surface area contributed by atoms with Crippen molar-refractivity contribution in [3.63, 3.8) is 0 Å². The Morgan fingerprint density at radius 1 is 1.35 bits per heavy atom. The van der Waals surface area contributed by atoms with Crippen LogP contribution in [0, 0.1) is 41.3 Å². The second-order valence-corrected chi connectivity index (χ2v) is 14.3. The number of halogens is 1. The molecular formula is C28H35FN2O4S2. The SMILES string of the molecule is C#CCN(C)C(=O)C(C)C1CCC2(C)Cc3sc(CS(=O)(=O)Cc4ccc(F)cc4)nc3C(C)C2C1O. The smallest absolute Gasteiger partial charge is 0.226 e. The molecule has 0 bridgehead atoms. The maximum Gasteiger partial charge on any atom is 0.226 e. The van der Waals surface area contributed by atoms with Crippen LogP contribution in [-0.2, 0) is 32.6 Å². The highest BCUT2D eigenvalue weighted by atomic mass is 32.2. The van der Waals surface area contributed by atoms with E-state index in [1.54, 1.807) is 7.05 Å². The van der Waals surface area contributed by atoms with E-state index in [1.807, 2.05) is 6.92 Å². The molecule has 2 aromatic rings. The van der Waals surface area contributed by atoms with Gasteiger partial charge in [0.05, 0.1) is 24.1 Å². The van der Waals surface area contributed by atoms with Gasteiger partial charge in [0.2, 0.25) is 5.91 Å². The molecular weight excluding hydrogens is 511 g/mol. The molecule has 37 heavy (non-hydrogen) atoms. The Labute approximate surface area is 223 Å². The van der Waals surface area contributed by atoms with Gasteiger partial charge in [0.1, 0.15) is 16.6 Å². The molecule has 6 unspecified atom stereocenters. The fourth-order valence-corrected chi connectivity index (χ4v) is 9.66. The molecule has 1 heterocycles. The number of nitrogens with zero attached hydrogens (tertiary/aromatic N) is 2. The second-order valence-electron chi connectivity index (χ2n) is 11.1. The lowest BCUT2D eigenvalue weighted by atomic mass is 9.53. The van der Waals surface area contributed by atoms with E-state index in [-0.39, 0.29) is 53.0 Å². The maximum atomic E-state index is 13.2. The fourth-order valence-electron chi connectivity index (χ4n) is 6.48. The van der Waals surface area contributed by atoms with Crippen LogP contribution in [0.25, 0.3) is 0 Å². The fraction of sp³-hybridized carbons (Fsp3) is 0.571. The van der Waals surface area contributed by atoms with E-state index in [4.69, 9.17) is 11.4 Å². The number of terminal acetylenes is 1. The van der Waals surface area contributed by atoms with Gasteiger partial charge in [-0.2, -0.15) is 0 Å². The van der Waals surface area contributed by atoms with Gasteiger partial charge in [0, 0.05) is 23.8 Å². The molecule has 0 spiro atoms. The lowest BCUT2D eigenvalue weighted by molar-refractivity contribution is -0.142. The Morgan fingerprint density at radius 2 is 2.03 bits per heavy atom. The number of fused-ring (bicyclic) bond motifs is 2. The predicted octanol–water partition coefficient (Wildman–Crippen LogP) is 4.18. The Morgan fingerprint density at radius 3 is 2.68 bits per heavy atom. The summed E-state index contributed by atoms with van der Waals surface area (Å²) >= 11 is 1.44. The molecule has 1 amide bonds. The van der Waals surface area contributed by atoms with Crippen molar-refractivity contribution in [1.82, 2.24) is 9.88 Å². The minimum Gasteiger partial charge on any atom is -0.392 e. The summed E-state index contributed by atoms with van der Waals surface area (Å²) in [7, 11) is -1.80. The number of aliphatic hydroxyl groups excluding tert-OH is 1. The van der Waals surface area contributed by atoms with Gasteiger partial charge in [-0.25, -0.2) is 17.8 Å². The number of sulfone groups is 1. The van der Waals surface area contributed by atoms with E-state index >= 15 is 0 Å². The van der Waals surface area contributed by atoms with Crippen LogP contribution in [-0.4, -0.2) is 49.0 Å². The molecule has 0 saturated heterocycles. The summed E-state index contributed by atoms with van der Waals surface area (Å²) < 4.78 is 39.0. The molecule has 1 N–H and O–H groups in total. The zero-order chi connectivity index (χ0) is 27.1. The highest BCUT2D eigenvalue weighted by Crippen LogP contribution is 2.57. The molecule has 6 nitrogen and oxygen atoms in total. The van der Waals surface area contributed by atoms with Crippen LogP contribution >= 0.6 is 11.3 Å². The number of rotatable bonds is 7. The van der Waals surface area contributed by atoms with E-state index in [9.17, 15) is 22.7 Å². The molecule has 1 aromatic heterocycles. The molecule has 6 atom stereocenters. The number of carbonyl (C=O) groups is 1. The van der Waals surface area contributed by atoms with Crippen molar-refractivity contribution in [2.45, 2.75) is 63.6 Å². The first-order chi connectivity index (χ1) is 17.3. The summed E-state index contributed by atoms with van der Waals surface area (Å²) in [5, 5.41) is 12.1. The number of hydrogen-bond donors (Lipinski definition) is 1. The monoisotopic (exact) mass is 546 g/mol. The van der Waals surface area contributed by atoms with Crippen molar-refractivity contribution in [1.29, 1.82) is 0 Å². The van der Waals surface area contributed by atoms with E-state index in [2.05, 4.69) is 19.8 Å². The van der Waals surface area contributed by atoms with E-state index < -0.39 is 21.8 Å². The van der Waals surface area contributed by atoms with Crippen LogP contribution < -0.4 is 0 Å². The third kappa shape index (κ3) is 5.62. The third-order valence-electron chi connectivity index (χ3n) is 8.35. The third-order valence-corrected chi connectivity index (χ3v) is 11.1. The van der Waals surface area contributed by atoms with Crippen molar-refractivity contribution in [2.24, 2.45) is 23.2 Å². The number of carbonyl (C=O) groups excluding carboxylic acids is 1. The van der Waals surface area contributed by atoms with Crippen molar-refractivity contribution >= 4 is 27.1 Å². The summed E-state index contributed by atoms with van der Waals surface area (Å²) in [6, 6.07) is 5.50. The van der Waals surface area contributed by atoms with Gasteiger partial charge in [-0.15, -0.1) is 17.8 Å². The average Bonchev–Trinajstić information content (AvgIpc) is 3.20. The molecule has 2 aliphatic rings. The lowest BCUT2D eigenvalue weighted by Crippen LogP contribution is -2.53. The molecule has 1 aromatic carbocycles. The molecule has 200 valence electrons. The normalized spacial score (nSPS) is 28.0. The molecule has 2 aliphatic carbocycles. The number of amides is 1. The van der Waals surface area contributed by atoms with Crippen LogP contribution in [0.3, 0.4) is 0 Å². The topological polar surface area (TPSA) is 87.6 Å². The van der Waals surface area contributed by atoms with Gasteiger partial charge in [-0.1, -0.05) is 38.8 Å². The first-order valence-corrected chi connectivity index (χ1v) is 15.3. The summed E-state index contributed by atoms with van der Waals surface area (Å²) in [5.74, 6) is 1.01. The van der Waals surface area contributed by atoms with Gasteiger partial charge in [-0.3, -0.25) is 4.79 Å². The molecule has 4 rings (SSSR count). The van der Waals surface area contributed by atoms with Crippen molar-refractivity contribution in [2.75, 3.05) is 13.6 Å². The summed E-state index contributed by atoms with van der Waals surface area (Å²) in [6.45, 7) is 6.36. The van der Waals surface area contributed by atoms with Gasteiger partial charge in [0.25, 0.3) is 0 Å². The Bertz CT molecular complexity index is 1300. The highest BCUT2D eigenvalue weighted by molar-refractivity contribution is 7.90. The predicted molar refractivity (Wildman–Crippen MR) is 143 cm³/mol. The molecule has 1 fully saturated rings. The number of benzene rings is 1. The quantitative estimate of drug-likeness (QED) is 0.527. The Kier molecular flexibility index (Phi) is 7.85. The summed E-state index contributed by atoms with van der Waals surface area (Å²) in [4.78, 5) is 20.3. The Balaban J connectivity index is 1.53. The van der Waals surface area contributed by atoms with Crippen LogP contribution in [0.4, 0.5) is 4.39 Å². The molecule has 1 saturated carbocycles. The van der Waals surface area contributed by atoms with Crippen LogP contribution in [0.5, 0.6) is 0 Å². The molecule has 0 aliphatic heterocycles. The number of thiazole rings is 1. The van der Waals surface area contributed by atoms with Crippen LogP contribution in [0.2, 0.25) is 0 Å². The minimum atomic E-state index is -3.49. The second kappa shape index (κ2) is 10.5. The van der Waals surface area contributed by atoms with Crippen LogP contribution in [0.15, 0.2) is 24.3 Å². The number of aromatic nitrogens is 1. The van der Waals surface area contributed by atoms with Gasteiger partial charge in [-0.05, 0) is 54.2 Å². The summed E-state index contributed by atoms with van der Waals surface area (Å²) in [6.07, 6.45) is 7.05. The zero-order valence-corrected chi connectivity index (χ0v) is 23.4. The maximum absolute atomic E-state index is 13.2. The first kappa shape index (κ1) is 27.7. The van der Waals surface area contributed by atoms with Crippen molar-refractivity contribution in [3.05, 3.63) is 51.2 Å². The van der Waals surface area contributed by atoms with E-state index in [0.29, 0.717) is 10.6 Å². The standard InChI is InChI=1S/C28H35FN2O4S2/c1-6-13-31(5)27(33)17(2)21-11-12-28(4)14-22-25(18(3)24(28)26(21)32)30-23(36-22)16-37(34,35)15-19-7-9-20(29)10-8-19/h1,7-10,17-18,21,24,26,32H,11-16H2,2-5H3. The van der Waals surface area contributed by atoms with Gasteiger partial charge < -0.3 is 10.0 Å². The zero-order valence-electron chi connectivity index (χ0n) is 21.8. The van der Waals surface area contributed by atoms with Gasteiger partial charge >= 0.3 is 0 Å². The number of hydrogen-bond acceptors (Lipinski definition) is 6. The summed E-state index contributed by atoms with van der Waals surface area (Å²) in [5.41, 5.74) is 1.25. The van der Waals surface area contributed by atoms with E-state index in [0.717, 1.165) is 29.8 Å². The highest BCUT2D eigenvalue weighted by Gasteiger charge is 2.54. The van der Waals surface area contributed by atoms with Crippen molar-refractivity contribution in [3.8, 4) is 12.3 Å². The average molecular weight is 547 g/mol. The first-order valence-electron chi connectivity index (χ1n) is 12.6.